The second-order valence-electron chi connectivity index (χ2n) is 6.90. The lowest BCUT2D eigenvalue weighted by Crippen LogP contribution is -2.35. The number of aryl methyl sites for hydroxylation is 1. The maximum atomic E-state index is 13.0. The molecule has 7 nitrogen and oxygen atoms in total. The fourth-order valence-electron chi connectivity index (χ4n) is 3.16. The minimum absolute atomic E-state index is 0.181. The van der Waals surface area contributed by atoms with Crippen molar-refractivity contribution < 1.29 is 17.6 Å². The van der Waals surface area contributed by atoms with Crippen LogP contribution in [0.25, 0.3) is 0 Å². The van der Waals surface area contributed by atoms with Crippen LogP contribution in [0.5, 0.6) is 0 Å². The summed E-state index contributed by atoms with van der Waals surface area (Å²) in [6.45, 7) is 2.82. The summed E-state index contributed by atoms with van der Waals surface area (Å²) < 4.78 is 32.8. The van der Waals surface area contributed by atoms with Crippen LogP contribution in [0.3, 0.4) is 0 Å². The minimum atomic E-state index is -3.58. The fourth-order valence-corrected chi connectivity index (χ4v) is 4.70. The molecule has 0 saturated carbocycles. The highest BCUT2D eigenvalue weighted by molar-refractivity contribution is 7.89. The second-order valence-corrected chi connectivity index (χ2v) is 8.84. The molecule has 0 unspecified atom stereocenters. The van der Waals surface area contributed by atoms with Gasteiger partial charge in [-0.05, 0) is 50.1 Å². The van der Waals surface area contributed by atoms with Gasteiger partial charge in [0.25, 0.3) is 5.91 Å². The van der Waals surface area contributed by atoms with Crippen molar-refractivity contribution >= 4 is 27.3 Å². The molecule has 2 heterocycles. The summed E-state index contributed by atoms with van der Waals surface area (Å²) in [6, 6.07) is 8.12. The molecule has 0 bridgehead atoms. The third-order valence-corrected chi connectivity index (χ3v) is 6.51. The highest BCUT2D eigenvalue weighted by Gasteiger charge is 2.27. The van der Waals surface area contributed by atoms with Crippen molar-refractivity contribution in [3.05, 3.63) is 41.9 Å². The molecule has 2 aromatic rings. The van der Waals surface area contributed by atoms with Crippen LogP contribution in [-0.2, 0) is 10.0 Å². The number of furan rings is 1. The number of nitrogens with one attached hydrogen (secondary N) is 1. The van der Waals surface area contributed by atoms with E-state index >= 15 is 0 Å². The maximum Gasteiger partial charge on any atom is 0.291 e. The van der Waals surface area contributed by atoms with Crippen LogP contribution in [0.1, 0.15) is 35.6 Å². The molecule has 8 heteroatoms. The van der Waals surface area contributed by atoms with Crippen molar-refractivity contribution in [2.24, 2.45) is 0 Å². The van der Waals surface area contributed by atoms with Crippen molar-refractivity contribution in [2.45, 2.75) is 31.1 Å². The molecule has 0 atom stereocenters. The van der Waals surface area contributed by atoms with Crippen LogP contribution in [0.4, 0.5) is 11.4 Å². The molecular weight excluding hydrogens is 366 g/mol. The SMILES string of the molecule is Cc1ccc(C(=O)Nc2cc(S(=O)(=O)N3CCCCC3)ccc2N(C)C)o1. The second kappa shape index (κ2) is 7.74. The van der Waals surface area contributed by atoms with E-state index in [4.69, 9.17) is 4.42 Å². The molecular formula is C19H25N3O4S. The summed E-state index contributed by atoms with van der Waals surface area (Å²) >= 11 is 0. The highest BCUT2D eigenvalue weighted by Crippen LogP contribution is 2.30. The zero-order chi connectivity index (χ0) is 19.6. The Bertz CT molecular complexity index is 928. The molecule has 1 amide bonds. The van der Waals surface area contributed by atoms with E-state index in [2.05, 4.69) is 5.32 Å². The summed E-state index contributed by atoms with van der Waals surface area (Å²) in [4.78, 5) is 14.5. The van der Waals surface area contributed by atoms with Crippen molar-refractivity contribution in [1.29, 1.82) is 0 Å². The van der Waals surface area contributed by atoms with E-state index in [0.717, 1.165) is 19.3 Å². The molecule has 1 fully saturated rings. The monoisotopic (exact) mass is 391 g/mol. The Labute approximate surface area is 160 Å². The van der Waals surface area contributed by atoms with Gasteiger partial charge in [-0.25, -0.2) is 8.42 Å². The number of hydrogen-bond acceptors (Lipinski definition) is 5. The number of sulfonamides is 1. The van der Waals surface area contributed by atoms with E-state index in [0.29, 0.717) is 30.2 Å². The number of carbonyl (C=O) groups excluding carboxylic acids is 1. The molecule has 1 aromatic carbocycles. The lowest BCUT2D eigenvalue weighted by atomic mass is 10.2. The van der Waals surface area contributed by atoms with Gasteiger partial charge in [0, 0.05) is 27.2 Å². The van der Waals surface area contributed by atoms with Gasteiger partial charge in [0.1, 0.15) is 5.76 Å². The predicted octanol–water partition coefficient (Wildman–Crippen LogP) is 3.08. The number of amides is 1. The first kappa shape index (κ1) is 19.4. The van der Waals surface area contributed by atoms with Gasteiger partial charge in [0.2, 0.25) is 10.0 Å². The van der Waals surface area contributed by atoms with Crippen LogP contribution in [0.2, 0.25) is 0 Å². The zero-order valence-corrected chi connectivity index (χ0v) is 16.7. The quantitative estimate of drug-likeness (QED) is 0.847. The van der Waals surface area contributed by atoms with Gasteiger partial charge in [-0.2, -0.15) is 4.31 Å². The Hall–Kier alpha value is -2.32. The first-order valence-corrected chi connectivity index (χ1v) is 10.4. The lowest BCUT2D eigenvalue weighted by molar-refractivity contribution is 0.0995. The maximum absolute atomic E-state index is 13.0. The average molecular weight is 391 g/mol. The van der Waals surface area contributed by atoms with Crippen LogP contribution in [0, 0.1) is 6.92 Å². The third-order valence-electron chi connectivity index (χ3n) is 4.61. The Balaban J connectivity index is 1.94. The first-order chi connectivity index (χ1) is 12.8. The van der Waals surface area contributed by atoms with Gasteiger partial charge in [-0.1, -0.05) is 6.42 Å². The normalized spacial score (nSPS) is 15.5. The van der Waals surface area contributed by atoms with Crippen molar-refractivity contribution in [3.8, 4) is 0 Å². The average Bonchev–Trinajstić information content (AvgIpc) is 3.08. The molecule has 0 aliphatic carbocycles. The summed E-state index contributed by atoms with van der Waals surface area (Å²) in [5, 5.41) is 2.78. The van der Waals surface area contributed by atoms with Gasteiger partial charge < -0.3 is 14.6 Å². The summed E-state index contributed by atoms with van der Waals surface area (Å²) in [5.41, 5.74) is 1.14. The van der Waals surface area contributed by atoms with Gasteiger partial charge in [-0.3, -0.25) is 4.79 Å². The van der Waals surface area contributed by atoms with E-state index in [1.54, 1.807) is 31.2 Å². The van der Waals surface area contributed by atoms with Crippen molar-refractivity contribution in [3.63, 3.8) is 0 Å². The summed E-state index contributed by atoms with van der Waals surface area (Å²) in [6.07, 6.45) is 2.79. The molecule has 1 aliphatic rings. The smallest absolute Gasteiger partial charge is 0.291 e. The van der Waals surface area contributed by atoms with E-state index in [1.807, 2.05) is 19.0 Å². The minimum Gasteiger partial charge on any atom is -0.456 e. The highest BCUT2D eigenvalue weighted by atomic mass is 32.2. The van der Waals surface area contributed by atoms with Crippen LogP contribution in [0.15, 0.2) is 39.6 Å². The van der Waals surface area contributed by atoms with Gasteiger partial charge in [-0.15, -0.1) is 0 Å². The Kier molecular flexibility index (Phi) is 5.57. The molecule has 1 N–H and O–H groups in total. The number of benzene rings is 1. The van der Waals surface area contributed by atoms with Crippen molar-refractivity contribution in [2.75, 3.05) is 37.4 Å². The predicted molar refractivity (Wildman–Crippen MR) is 105 cm³/mol. The molecule has 146 valence electrons. The van der Waals surface area contributed by atoms with E-state index in [1.165, 1.54) is 10.4 Å². The number of nitrogens with zero attached hydrogens (tertiary/aromatic N) is 2. The van der Waals surface area contributed by atoms with E-state index in [-0.39, 0.29) is 10.7 Å². The number of hydrogen-bond donors (Lipinski definition) is 1. The Morgan fingerprint density at radius 3 is 2.41 bits per heavy atom. The van der Waals surface area contributed by atoms with Crippen LogP contribution < -0.4 is 10.2 Å². The third kappa shape index (κ3) is 4.17. The molecule has 27 heavy (non-hydrogen) atoms. The number of piperidine rings is 1. The standard InChI is InChI=1S/C19H25N3O4S/c1-14-7-10-18(26-14)19(23)20-16-13-15(8-9-17(16)21(2)3)27(24,25)22-11-5-4-6-12-22/h7-10,13H,4-6,11-12H2,1-3H3,(H,20,23). The molecule has 3 rings (SSSR count). The van der Waals surface area contributed by atoms with Crippen LogP contribution >= 0.6 is 0 Å². The van der Waals surface area contributed by atoms with Crippen LogP contribution in [-0.4, -0.2) is 45.8 Å². The largest absolute Gasteiger partial charge is 0.456 e. The fraction of sp³-hybridized carbons (Fsp3) is 0.421. The molecule has 0 spiro atoms. The van der Waals surface area contributed by atoms with Gasteiger partial charge in [0.05, 0.1) is 16.3 Å². The molecule has 1 aliphatic heterocycles. The zero-order valence-electron chi connectivity index (χ0n) is 15.9. The van der Waals surface area contributed by atoms with E-state index < -0.39 is 15.9 Å². The van der Waals surface area contributed by atoms with Gasteiger partial charge in [0.15, 0.2) is 5.76 Å². The molecule has 1 saturated heterocycles. The van der Waals surface area contributed by atoms with E-state index in [9.17, 15) is 13.2 Å². The Morgan fingerprint density at radius 2 is 1.81 bits per heavy atom. The topological polar surface area (TPSA) is 82.9 Å². The summed E-state index contributed by atoms with van der Waals surface area (Å²) in [5.74, 6) is 0.398. The summed E-state index contributed by atoms with van der Waals surface area (Å²) in [7, 11) is 0.0851. The van der Waals surface area contributed by atoms with Gasteiger partial charge >= 0.3 is 0 Å². The Morgan fingerprint density at radius 1 is 1.11 bits per heavy atom. The first-order valence-electron chi connectivity index (χ1n) is 8.98. The molecule has 0 radical (unpaired) electrons. The number of carbonyl (C=O) groups is 1. The van der Waals surface area contributed by atoms with Crippen molar-refractivity contribution in [1.82, 2.24) is 4.31 Å². The lowest BCUT2D eigenvalue weighted by Gasteiger charge is -2.26. The molecule has 1 aromatic heterocycles. The number of anilines is 2. The number of rotatable bonds is 5.